The van der Waals surface area contributed by atoms with Crippen molar-refractivity contribution in [1.82, 2.24) is 4.98 Å². The second-order valence-electron chi connectivity index (χ2n) is 7.52. The Morgan fingerprint density at radius 1 is 0.704 bits per heavy atom. The summed E-state index contributed by atoms with van der Waals surface area (Å²) in [5, 5.41) is 3.71. The molecule has 1 aromatic heterocycles. The zero-order valence-electron chi connectivity index (χ0n) is 16.2. The maximum Gasteiger partial charge on any atom is 0.173 e. The van der Waals surface area contributed by atoms with Crippen molar-refractivity contribution in [3.8, 4) is 0 Å². The molecule has 0 radical (unpaired) electrons. The van der Waals surface area contributed by atoms with Crippen molar-refractivity contribution in [2.24, 2.45) is 0 Å². The molecule has 27 heavy (non-hydrogen) atoms. The average Bonchev–Trinajstić information content (AvgIpc) is 3.04. The molecule has 0 saturated carbocycles. The topological polar surface area (TPSA) is 32.9 Å². The number of para-hydroxylation sites is 1. The van der Waals surface area contributed by atoms with E-state index in [9.17, 15) is 4.57 Å². The lowest BCUT2D eigenvalue weighted by Gasteiger charge is -2.21. The number of aromatic amines is 1. The summed E-state index contributed by atoms with van der Waals surface area (Å²) in [7, 11) is -3.01. The van der Waals surface area contributed by atoms with Crippen LogP contribution in [0.3, 0.4) is 0 Å². The van der Waals surface area contributed by atoms with E-state index in [4.69, 9.17) is 0 Å². The highest BCUT2D eigenvalue weighted by atomic mass is 31.2. The third-order valence-corrected chi connectivity index (χ3v) is 8.07. The lowest BCUT2D eigenvalue weighted by atomic mass is 10.2. The molecule has 0 bridgehead atoms. The van der Waals surface area contributed by atoms with Crippen molar-refractivity contribution >= 4 is 34.0 Å². The normalized spacial score (nSPS) is 11.9. The molecular weight excluding hydrogens is 349 g/mol. The molecule has 136 valence electrons. The Hall–Kier alpha value is -2.57. The first kappa shape index (κ1) is 17.8. The molecule has 4 aromatic rings. The van der Waals surface area contributed by atoms with Crippen molar-refractivity contribution in [2.45, 2.75) is 27.7 Å². The summed E-state index contributed by atoms with van der Waals surface area (Å²) >= 11 is 0. The Kier molecular flexibility index (Phi) is 4.32. The van der Waals surface area contributed by atoms with Gasteiger partial charge < -0.3 is 9.55 Å². The zero-order valence-corrected chi connectivity index (χ0v) is 17.1. The SMILES string of the molecule is Cc1cc(C)cc(P(=O)(c2cc(C)cc(C)c2)c2c[nH]c3ccccc23)c1. The van der Waals surface area contributed by atoms with E-state index in [0.717, 1.165) is 49.1 Å². The third-order valence-electron chi connectivity index (χ3n) is 5.05. The van der Waals surface area contributed by atoms with Crippen LogP contribution in [0.4, 0.5) is 0 Å². The quantitative estimate of drug-likeness (QED) is 0.501. The van der Waals surface area contributed by atoms with Crippen LogP contribution in [-0.4, -0.2) is 4.98 Å². The van der Waals surface area contributed by atoms with Crippen LogP contribution in [0.25, 0.3) is 10.9 Å². The van der Waals surface area contributed by atoms with E-state index >= 15 is 0 Å². The lowest BCUT2D eigenvalue weighted by molar-refractivity contribution is 0.592. The maximum atomic E-state index is 14.9. The lowest BCUT2D eigenvalue weighted by Crippen LogP contribution is -2.25. The number of rotatable bonds is 3. The highest BCUT2D eigenvalue weighted by molar-refractivity contribution is 7.85. The molecule has 0 aliphatic heterocycles. The number of aryl methyl sites for hydroxylation is 4. The number of hydrogen-bond acceptors (Lipinski definition) is 1. The molecule has 0 unspecified atom stereocenters. The van der Waals surface area contributed by atoms with Crippen LogP contribution < -0.4 is 15.9 Å². The number of nitrogens with one attached hydrogen (secondary N) is 1. The van der Waals surface area contributed by atoms with E-state index in [1.54, 1.807) is 0 Å². The van der Waals surface area contributed by atoms with E-state index in [2.05, 4.69) is 75.1 Å². The molecule has 1 N–H and O–H groups in total. The number of fused-ring (bicyclic) bond motifs is 1. The van der Waals surface area contributed by atoms with Crippen LogP contribution in [0.15, 0.2) is 66.9 Å². The molecular formula is C24H24NOP. The number of benzene rings is 3. The Morgan fingerprint density at radius 3 is 1.70 bits per heavy atom. The van der Waals surface area contributed by atoms with Crippen LogP contribution in [0.2, 0.25) is 0 Å². The van der Waals surface area contributed by atoms with E-state index < -0.39 is 7.14 Å². The smallest absolute Gasteiger partial charge is 0.173 e. The summed E-state index contributed by atoms with van der Waals surface area (Å²) in [4.78, 5) is 3.32. The Labute approximate surface area is 160 Å². The van der Waals surface area contributed by atoms with Crippen LogP contribution >= 0.6 is 7.14 Å². The van der Waals surface area contributed by atoms with Crippen molar-refractivity contribution in [3.63, 3.8) is 0 Å². The van der Waals surface area contributed by atoms with Gasteiger partial charge in [0.15, 0.2) is 7.14 Å². The standard InChI is InChI=1S/C24H24NOP/c1-16-9-17(2)12-20(11-16)27(26,21-13-18(3)10-19(4)14-21)24-15-25-23-8-6-5-7-22(23)24/h5-15,25H,1-4H3. The number of aromatic nitrogens is 1. The predicted molar refractivity (Wildman–Crippen MR) is 117 cm³/mol. The summed E-state index contributed by atoms with van der Waals surface area (Å²) in [6.45, 7) is 8.27. The summed E-state index contributed by atoms with van der Waals surface area (Å²) in [6, 6.07) is 20.7. The molecule has 0 saturated heterocycles. The van der Waals surface area contributed by atoms with Crippen LogP contribution in [0.5, 0.6) is 0 Å². The van der Waals surface area contributed by atoms with E-state index in [-0.39, 0.29) is 0 Å². The van der Waals surface area contributed by atoms with Crippen molar-refractivity contribution in [2.75, 3.05) is 0 Å². The molecule has 3 heteroatoms. The first-order chi connectivity index (χ1) is 12.9. The molecule has 0 aliphatic carbocycles. The van der Waals surface area contributed by atoms with Crippen LogP contribution in [0, 0.1) is 27.7 Å². The van der Waals surface area contributed by atoms with Gasteiger partial charge in [-0.25, -0.2) is 0 Å². The second kappa shape index (κ2) is 6.55. The molecule has 3 aromatic carbocycles. The summed E-state index contributed by atoms with van der Waals surface area (Å²) < 4.78 is 14.9. The summed E-state index contributed by atoms with van der Waals surface area (Å²) in [5.74, 6) is 0. The van der Waals surface area contributed by atoms with Gasteiger partial charge in [-0.15, -0.1) is 0 Å². The number of H-pyrrole nitrogens is 1. The molecule has 0 aliphatic rings. The molecule has 4 rings (SSSR count). The number of hydrogen-bond donors (Lipinski definition) is 1. The first-order valence-corrected chi connectivity index (χ1v) is 10.9. The van der Waals surface area contributed by atoms with Gasteiger partial charge >= 0.3 is 0 Å². The average molecular weight is 373 g/mol. The largest absolute Gasteiger partial charge is 0.360 e. The predicted octanol–water partition coefficient (Wildman–Crippen LogP) is 5.04. The fourth-order valence-electron chi connectivity index (χ4n) is 4.01. The summed E-state index contributed by atoms with van der Waals surface area (Å²) in [6.07, 6.45) is 1.93. The Morgan fingerprint density at radius 2 is 1.19 bits per heavy atom. The molecule has 0 amide bonds. The van der Waals surface area contributed by atoms with Gasteiger partial charge in [-0.3, -0.25) is 0 Å². The minimum absolute atomic E-state index is 0.883. The molecule has 0 spiro atoms. The van der Waals surface area contributed by atoms with E-state index in [1.165, 1.54) is 0 Å². The second-order valence-corrected chi connectivity index (χ2v) is 10.3. The Balaban J connectivity index is 2.11. The fourth-order valence-corrected chi connectivity index (χ4v) is 7.19. The van der Waals surface area contributed by atoms with Gasteiger partial charge in [-0.1, -0.05) is 52.6 Å². The van der Waals surface area contributed by atoms with Crippen molar-refractivity contribution in [1.29, 1.82) is 0 Å². The monoisotopic (exact) mass is 373 g/mol. The minimum Gasteiger partial charge on any atom is -0.360 e. The van der Waals surface area contributed by atoms with Crippen molar-refractivity contribution in [3.05, 3.63) is 89.1 Å². The molecule has 0 fully saturated rings. The highest BCUT2D eigenvalue weighted by Gasteiger charge is 2.33. The van der Waals surface area contributed by atoms with E-state index in [0.29, 0.717) is 0 Å². The van der Waals surface area contributed by atoms with Crippen LogP contribution in [0.1, 0.15) is 22.3 Å². The Bertz CT molecular complexity index is 1110. The van der Waals surface area contributed by atoms with E-state index in [1.807, 2.05) is 24.4 Å². The molecule has 0 atom stereocenters. The molecule has 1 heterocycles. The van der Waals surface area contributed by atoms with Gasteiger partial charge in [0, 0.05) is 33.0 Å². The third kappa shape index (κ3) is 3.05. The van der Waals surface area contributed by atoms with Crippen LogP contribution in [-0.2, 0) is 4.57 Å². The van der Waals surface area contributed by atoms with Gasteiger partial charge in [0.05, 0.1) is 0 Å². The molecule has 2 nitrogen and oxygen atoms in total. The first-order valence-electron chi connectivity index (χ1n) is 9.22. The fraction of sp³-hybridized carbons (Fsp3) is 0.167. The maximum absolute atomic E-state index is 14.9. The van der Waals surface area contributed by atoms with Gasteiger partial charge in [0.2, 0.25) is 0 Å². The van der Waals surface area contributed by atoms with Gasteiger partial charge in [-0.2, -0.15) is 0 Å². The summed E-state index contributed by atoms with van der Waals surface area (Å²) in [5.41, 5.74) is 5.55. The minimum atomic E-state index is -3.01. The van der Waals surface area contributed by atoms with Gasteiger partial charge in [0.1, 0.15) is 0 Å². The highest BCUT2D eigenvalue weighted by Crippen LogP contribution is 2.45. The van der Waals surface area contributed by atoms with Gasteiger partial charge in [0.25, 0.3) is 0 Å². The van der Waals surface area contributed by atoms with Gasteiger partial charge in [-0.05, 0) is 58.0 Å². The van der Waals surface area contributed by atoms with Crippen molar-refractivity contribution < 1.29 is 4.57 Å². The zero-order chi connectivity index (χ0) is 19.2.